The van der Waals surface area contributed by atoms with Crippen LogP contribution in [0.1, 0.15) is 56.9 Å². The minimum absolute atomic E-state index is 0.173. The van der Waals surface area contributed by atoms with E-state index in [-0.39, 0.29) is 23.1 Å². The minimum Gasteiger partial charge on any atom is -0.356 e. The molecule has 2 fully saturated rings. The second-order valence-electron chi connectivity index (χ2n) is 8.74. The van der Waals surface area contributed by atoms with Crippen LogP contribution in [0.15, 0.2) is 29.8 Å². The summed E-state index contributed by atoms with van der Waals surface area (Å²) in [6, 6.07) is 4.86. The molecule has 0 aromatic heterocycles. The lowest BCUT2D eigenvalue weighted by atomic mass is 9.90. The Morgan fingerprint density at radius 2 is 2.11 bits per heavy atom. The van der Waals surface area contributed by atoms with Gasteiger partial charge in [-0.05, 0) is 82.0 Å². The van der Waals surface area contributed by atoms with Crippen LogP contribution in [0.4, 0.5) is 4.39 Å². The van der Waals surface area contributed by atoms with Crippen LogP contribution >= 0.6 is 11.6 Å². The number of hydrogen-bond donors (Lipinski definition) is 1. The predicted octanol–water partition coefficient (Wildman–Crippen LogP) is 5.09. The molecular formula is C23H30ClFN2O. The molecule has 1 spiro atoms. The first-order valence-electron chi connectivity index (χ1n) is 10.7. The van der Waals surface area contributed by atoms with Crippen molar-refractivity contribution in [3.8, 4) is 0 Å². The van der Waals surface area contributed by atoms with E-state index in [1.165, 1.54) is 37.3 Å². The molecule has 4 rings (SSSR count). The van der Waals surface area contributed by atoms with Crippen molar-refractivity contribution in [2.75, 3.05) is 19.6 Å². The zero-order valence-electron chi connectivity index (χ0n) is 16.5. The average Bonchev–Trinajstić information content (AvgIpc) is 3.41. The molecule has 152 valence electrons. The molecule has 2 aliphatic carbocycles. The van der Waals surface area contributed by atoms with Gasteiger partial charge in [0.05, 0.1) is 0 Å². The number of piperidine rings is 1. The molecule has 1 saturated carbocycles. The van der Waals surface area contributed by atoms with Crippen molar-refractivity contribution >= 4 is 17.5 Å². The summed E-state index contributed by atoms with van der Waals surface area (Å²) in [5.41, 5.74) is 2.28. The standard InChI is InChI=1S/C23H30ClFN2O/c24-20-7-4-8-21(25)18(20)16-27-13-10-23(11-14-27)15-19(23)22(28)26-12-9-17-5-2-1-3-6-17/h4-5,7-8,19H,1-3,6,9-16H2,(H,26,28)/t19-/m1/s1. The van der Waals surface area contributed by atoms with Gasteiger partial charge in [-0.1, -0.05) is 29.3 Å². The molecule has 1 atom stereocenters. The van der Waals surface area contributed by atoms with Gasteiger partial charge in [0.2, 0.25) is 5.91 Å². The summed E-state index contributed by atoms with van der Waals surface area (Å²) < 4.78 is 14.0. The molecule has 1 amide bonds. The first kappa shape index (κ1) is 19.9. The number of likely N-dealkylation sites (tertiary alicyclic amines) is 1. The van der Waals surface area contributed by atoms with E-state index in [0.29, 0.717) is 17.1 Å². The maximum atomic E-state index is 14.0. The molecule has 1 heterocycles. The highest BCUT2D eigenvalue weighted by Crippen LogP contribution is 2.59. The van der Waals surface area contributed by atoms with E-state index in [1.54, 1.807) is 12.1 Å². The van der Waals surface area contributed by atoms with Crippen LogP contribution in [0, 0.1) is 17.2 Å². The molecule has 0 unspecified atom stereocenters. The number of nitrogens with one attached hydrogen (secondary N) is 1. The number of allylic oxidation sites excluding steroid dienone is 1. The molecule has 5 heteroatoms. The van der Waals surface area contributed by atoms with Gasteiger partial charge in [0, 0.05) is 29.6 Å². The largest absolute Gasteiger partial charge is 0.356 e. The molecule has 1 saturated heterocycles. The zero-order valence-corrected chi connectivity index (χ0v) is 17.2. The van der Waals surface area contributed by atoms with Crippen molar-refractivity contribution < 1.29 is 9.18 Å². The summed E-state index contributed by atoms with van der Waals surface area (Å²) in [5, 5.41) is 3.67. The number of nitrogens with zero attached hydrogens (tertiary/aromatic N) is 1. The summed E-state index contributed by atoms with van der Waals surface area (Å²) in [4.78, 5) is 14.8. The number of carbonyl (C=O) groups is 1. The second-order valence-corrected chi connectivity index (χ2v) is 9.15. The molecule has 3 aliphatic rings. The lowest BCUT2D eigenvalue weighted by molar-refractivity contribution is -0.123. The van der Waals surface area contributed by atoms with Crippen molar-refractivity contribution in [3.05, 3.63) is 46.3 Å². The molecular weight excluding hydrogens is 375 g/mol. The van der Waals surface area contributed by atoms with Gasteiger partial charge >= 0.3 is 0 Å². The number of halogens is 2. The fourth-order valence-electron chi connectivity index (χ4n) is 4.94. The molecule has 0 radical (unpaired) electrons. The fourth-order valence-corrected chi connectivity index (χ4v) is 5.16. The van der Waals surface area contributed by atoms with Gasteiger partial charge in [-0.2, -0.15) is 0 Å². The first-order valence-corrected chi connectivity index (χ1v) is 11.1. The van der Waals surface area contributed by atoms with Crippen LogP contribution < -0.4 is 5.32 Å². The molecule has 28 heavy (non-hydrogen) atoms. The molecule has 0 bridgehead atoms. The topological polar surface area (TPSA) is 32.3 Å². The third-order valence-electron chi connectivity index (χ3n) is 6.93. The van der Waals surface area contributed by atoms with Crippen LogP contribution in [0.25, 0.3) is 0 Å². The van der Waals surface area contributed by atoms with E-state index in [2.05, 4.69) is 16.3 Å². The van der Waals surface area contributed by atoms with Gasteiger partial charge < -0.3 is 5.32 Å². The van der Waals surface area contributed by atoms with Crippen molar-refractivity contribution in [2.45, 2.75) is 57.9 Å². The van der Waals surface area contributed by atoms with Crippen molar-refractivity contribution in [1.82, 2.24) is 10.2 Å². The average molecular weight is 405 g/mol. The molecule has 1 N–H and O–H groups in total. The minimum atomic E-state index is -0.232. The van der Waals surface area contributed by atoms with E-state index in [9.17, 15) is 9.18 Å². The maximum absolute atomic E-state index is 14.0. The van der Waals surface area contributed by atoms with Crippen molar-refractivity contribution in [3.63, 3.8) is 0 Å². The normalized spacial score (nSPS) is 24.1. The summed E-state index contributed by atoms with van der Waals surface area (Å²) >= 11 is 6.16. The van der Waals surface area contributed by atoms with E-state index in [0.717, 1.165) is 45.3 Å². The Hall–Kier alpha value is -1.39. The maximum Gasteiger partial charge on any atom is 0.223 e. The van der Waals surface area contributed by atoms with Crippen molar-refractivity contribution in [1.29, 1.82) is 0 Å². The Morgan fingerprint density at radius 1 is 1.29 bits per heavy atom. The van der Waals surface area contributed by atoms with Gasteiger partial charge in [0.1, 0.15) is 5.82 Å². The molecule has 3 nitrogen and oxygen atoms in total. The summed E-state index contributed by atoms with van der Waals surface area (Å²) in [5.74, 6) is 0.179. The zero-order chi connectivity index (χ0) is 19.6. The van der Waals surface area contributed by atoms with Crippen LogP contribution in [0.3, 0.4) is 0 Å². The molecule has 1 aromatic carbocycles. The van der Waals surface area contributed by atoms with Gasteiger partial charge in [-0.15, -0.1) is 0 Å². The van der Waals surface area contributed by atoms with Gasteiger partial charge in [0.15, 0.2) is 0 Å². The highest BCUT2D eigenvalue weighted by atomic mass is 35.5. The summed E-state index contributed by atoms with van der Waals surface area (Å²) in [6.07, 6.45) is 11.4. The first-order chi connectivity index (χ1) is 13.6. The Balaban J connectivity index is 1.22. The Kier molecular flexibility index (Phi) is 6.07. The Bertz CT molecular complexity index is 735. The van der Waals surface area contributed by atoms with E-state index in [4.69, 9.17) is 11.6 Å². The van der Waals surface area contributed by atoms with Crippen LogP contribution in [0.2, 0.25) is 5.02 Å². The van der Waals surface area contributed by atoms with Crippen molar-refractivity contribution in [2.24, 2.45) is 11.3 Å². The van der Waals surface area contributed by atoms with Gasteiger partial charge in [0.25, 0.3) is 0 Å². The van der Waals surface area contributed by atoms with E-state index < -0.39 is 0 Å². The number of benzene rings is 1. The summed E-state index contributed by atoms with van der Waals surface area (Å²) in [7, 11) is 0. The monoisotopic (exact) mass is 404 g/mol. The highest BCUT2D eigenvalue weighted by Gasteiger charge is 2.58. The Morgan fingerprint density at radius 3 is 2.82 bits per heavy atom. The third-order valence-corrected chi connectivity index (χ3v) is 7.29. The smallest absolute Gasteiger partial charge is 0.223 e. The van der Waals surface area contributed by atoms with E-state index in [1.807, 2.05) is 0 Å². The fraction of sp³-hybridized carbons (Fsp3) is 0.609. The number of carbonyl (C=O) groups excluding carboxylic acids is 1. The third kappa shape index (κ3) is 4.44. The number of amides is 1. The van der Waals surface area contributed by atoms with Crippen LogP contribution in [-0.2, 0) is 11.3 Å². The quantitative estimate of drug-likeness (QED) is 0.670. The SMILES string of the molecule is O=C(NCCC1=CCCCC1)[C@H]1CC12CCN(Cc1c(F)cccc1Cl)CC2. The number of rotatable bonds is 6. The molecule has 1 aromatic rings. The number of hydrogen-bond acceptors (Lipinski definition) is 2. The lowest BCUT2D eigenvalue weighted by Crippen LogP contribution is -2.37. The predicted molar refractivity (Wildman–Crippen MR) is 111 cm³/mol. The van der Waals surface area contributed by atoms with Gasteiger partial charge in [-0.25, -0.2) is 4.39 Å². The lowest BCUT2D eigenvalue weighted by Gasteiger charge is -2.33. The van der Waals surface area contributed by atoms with Crippen LogP contribution in [-0.4, -0.2) is 30.4 Å². The summed E-state index contributed by atoms with van der Waals surface area (Å²) in [6.45, 7) is 3.13. The highest BCUT2D eigenvalue weighted by molar-refractivity contribution is 6.31. The molecule has 1 aliphatic heterocycles. The second kappa shape index (κ2) is 8.54. The van der Waals surface area contributed by atoms with Crippen LogP contribution in [0.5, 0.6) is 0 Å². The Labute approximate surface area is 172 Å². The van der Waals surface area contributed by atoms with Gasteiger partial charge in [-0.3, -0.25) is 9.69 Å². The van der Waals surface area contributed by atoms with E-state index >= 15 is 0 Å².